The quantitative estimate of drug-likeness (QED) is 0.761. The molecule has 0 aliphatic carbocycles. The van der Waals surface area contributed by atoms with Crippen molar-refractivity contribution in [3.63, 3.8) is 0 Å². The van der Waals surface area contributed by atoms with E-state index in [0.717, 1.165) is 11.6 Å². The van der Waals surface area contributed by atoms with E-state index in [4.69, 9.17) is 4.74 Å². The zero-order valence-corrected chi connectivity index (χ0v) is 14.3. The number of hydrogen-bond acceptors (Lipinski definition) is 3. The van der Waals surface area contributed by atoms with Crippen molar-refractivity contribution >= 4 is 5.91 Å². The number of aryl methyl sites for hydroxylation is 1. The number of nitrogens with zero attached hydrogens (tertiary/aromatic N) is 2. The minimum absolute atomic E-state index is 0.00581. The fraction of sp³-hybridized carbons (Fsp3) is 0.158. The molecule has 1 heterocycles. The van der Waals surface area contributed by atoms with Gasteiger partial charge >= 0.3 is 0 Å². The van der Waals surface area contributed by atoms with Gasteiger partial charge in [0.1, 0.15) is 23.1 Å². The number of benzene rings is 2. The van der Waals surface area contributed by atoms with Crippen molar-refractivity contribution in [3.8, 4) is 11.4 Å². The van der Waals surface area contributed by atoms with Gasteiger partial charge in [0.2, 0.25) is 0 Å². The van der Waals surface area contributed by atoms with Gasteiger partial charge in [-0.05, 0) is 48.4 Å². The van der Waals surface area contributed by atoms with Gasteiger partial charge in [0.05, 0.1) is 7.11 Å². The van der Waals surface area contributed by atoms with E-state index in [0.29, 0.717) is 17.0 Å². The molecule has 0 atom stereocenters. The summed E-state index contributed by atoms with van der Waals surface area (Å²) in [4.78, 5) is 12.2. The minimum Gasteiger partial charge on any atom is -0.494 e. The lowest BCUT2D eigenvalue weighted by atomic mass is 10.2. The number of nitrogens with one attached hydrogen (secondary N) is 1. The van der Waals surface area contributed by atoms with Crippen molar-refractivity contribution in [2.45, 2.75) is 13.5 Å². The number of ether oxygens (including phenoxy) is 1. The molecular formula is C19H17F2N3O2. The van der Waals surface area contributed by atoms with E-state index < -0.39 is 17.5 Å². The molecule has 5 nitrogen and oxygen atoms in total. The van der Waals surface area contributed by atoms with Crippen LogP contribution in [0.15, 0.2) is 48.7 Å². The molecule has 0 spiro atoms. The second-order valence-corrected chi connectivity index (χ2v) is 5.78. The van der Waals surface area contributed by atoms with Crippen LogP contribution in [0.2, 0.25) is 0 Å². The van der Waals surface area contributed by atoms with Gasteiger partial charge in [-0.15, -0.1) is 0 Å². The molecule has 3 rings (SSSR count). The zero-order chi connectivity index (χ0) is 18.7. The Labute approximate surface area is 149 Å². The van der Waals surface area contributed by atoms with Crippen LogP contribution in [0.4, 0.5) is 8.78 Å². The molecule has 1 amide bonds. The Balaban J connectivity index is 1.75. The first-order valence-electron chi connectivity index (χ1n) is 7.90. The number of aromatic nitrogens is 2. The molecule has 0 radical (unpaired) electrons. The maximum absolute atomic E-state index is 13.2. The molecule has 0 fully saturated rings. The highest BCUT2D eigenvalue weighted by Gasteiger charge is 2.13. The number of carbonyl (C=O) groups excluding carboxylic acids is 1. The summed E-state index contributed by atoms with van der Waals surface area (Å²) in [6, 6.07) is 10.3. The monoisotopic (exact) mass is 357 g/mol. The molecule has 3 aromatic rings. The van der Waals surface area contributed by atoms with Crippen LogP contribution in [-0.4, -0.2) is 22.8 Å². The minimum atomic E-state index is -0.690. The van der Waals surface area contributed by atoms with Gasteiger partial charge in [-0.3, -0.25) is 4.79 Å². The molecule has 26 heavy (non-hydrogen) atoms. The second kappa shape index (κ2) is 7.35. The highest BCUT2D eigenvalue weighted by molar-refractivity contribution is 5.92. The lowest BCUT2D eigenvalue weighted by Crippen LogP contribution is -2.23. The molecule has 1 aromatic heterocycles. The highest BCUT2D eigenvalue weighted by Crippen LogP contribution is 2.23. The Hall–Kier alpha value is -3.22. The van der Waals surface area contributed by atoms with Gasteiger partial charge in [0.15, 0.2) is 5.69 Å². The third-order valence-electron chi connectivity index (χ3n) is 3.78. The smallest absolute Gasteiger partial charge is 0.272 e. The number of rotatable bonds is 5. The molecule has 0 unspecified atom stereocenters. The summed E-state index contributed by atoms with van der Waals surface area (Å²) in [6.45, 7) is 1.94. The van der Waals surface area contributed by atoms with Crippen LogP contribution in [-0.2, 0) is 6.54 Å². The van der Waals surface area contributed by atoms with E-state index in [1.165, 1.54) is 12.1 Å². The number of methoxy groups -OCH3 is 1. The first-order chi connectivity index (χ1) is 12.5. The third-order valence-corrected chi connectivity index (χ3v) is 3.78. The summed E-state index contributed by atoms with van der Waals surface area (Å²) >= 11 is 0. The van der Waals surface area contributed by atoms with Crippen LogP contribution in [0.25, 0.3) is 5.69 Å². The van der Waals surface area contributed by atoms with Crippen molar-refractivity contribution in [1.82, 2.24) is 15.1 Å². The van der Waals surface area contributed by atoms with E-state index in [2.05, 4.69) is 10.4 Å². The van der Waals surface area contributed by atoms with E-state index in [-0.39, 0.29) is 12.2 Å². The highest BCUT2D eigenvalue weighted by atomic mass is 19.1. The van der Waals surface area contributed by atoms with E-state index in [9.17, 15) is 13.6 Å². The summed E-state index contributed by atoms with van der Waals surface area (Å²) in [5.74, 6) is -1.20. The second-order valence-electron chi connectivity index (χ2n) is 5.78. The van der Waals surface area contributed by atoms with Crippen molar-refractivity contribution in [1.29, 1.82) is 0 Å². The predicted octanol–water partition coefficient (Wildman–Crippen LogP) is 3.40. The van der Waals surface area contributed by atoms with Crippen molar-refractivity contribution in [2.75, 3.05) is 7.11 Å². The molecule has 0 saturated carbocycles. The number of halogens is 2. The first-order valence-corrected chi connectivity index (χ1v) is 7.90. The van der Waals surface area contributed by atoms with Crippen molar-refractivity contribution in [2.24, 2.45) is 0 Å². The Morgan fingerprint density at radius 3 is 2.58 bits per heavy atom. The molecule has 0 bridgehead atoms. The van der Waals surface area contributed by atoms with Crippen LogP contribution in [0.5, 0.6) is 5.75 Å². The maximum Gasteiger partial charge on any atom is 0.272 e. The topological polar surface area (TPSA) is 56.1 Å². The van der Waals surface area contributed by atoms with E-state index in [1.807, 2.05) is 25.1 Å². The van der Waals surface area contributed by atoms with Gasteiger partial charge in [-0.2, -0.15) is 5.10 Å². The lowest BCUT2D eigenvalue weighted by molar-refractivity contribution is 0.0945. The van der Waals surface area contributed by atoms with Gasteiger partial charge in [-0.25, -0.2) is 13.5 Å². The molecule has 7 heteroatoms. The maximum atomic E-state index is 13.2. The van der Waals surface area contributed by atoms with Gasteiger partial charge in [0, 0.05) is 18.8 Å². The van der Waals surface area contributed by atoms with E-state index >= 15 is 0 Å². The number of amides is 1. The summed E-state index contributed by atoms with van der Waals surface area (Å²) in [7, 11) is 1.56. The fourth-order valence-electron chi connectivity index (χ4n) is 2.54. The largest absolute Gasteiger partial charge is 0.494 e. The number of carbonyl (C=O) groups is 1. The SMILES string of the molecule is COc1ccc(C)cc1-n1ccc(C(=O)NCc2cc(F)cc(F)c2)n1. The summed E-state index contributed by atoms with van der Waals surface area (Å²) in [5.41, 5.74) is 2.25. The van der Waals surface area contributed by atoms with Crippen LogP contribution in [0, 0.1) is 18.6 Å². The van der Waals surface area contributed by atoms with Crippen LogP contribution >= 0.6 is 0 Å². The van der Waals surface area contributed by atoms with Crippen LogP contribution < -0.4 is 10.1 Å². The Bertz CT molecular complexity index is 933. The molecule has 1 N–H and O–H groups in total. The van der Waals surface area contributed by atoms with Crippen molar-refractivity contribution in [3.05, 3.63) is 77.1 Å². The molecule has 0 saturated heterocycles. The zero-order valence-electron chi connectivity index (χ0n) is 14.3. The summed E-state index contributed by atoms with van der Waals surface area (Å²) in [5, 5.41) is 6.85. The molecule has 2 aromatic carbocycles. The Morgan fingerprint density at radius 2 is 1.88 bits per heavy atom. The normalized spacial score (nSPS) is 10.6. The van der Waals surface area contributed by atoms with Gasteiger partial charge < -0.3 is 10.1 Å². The lowest BCUT2D eigenvalue weighted by Gasteiger charge is -2.09. The first kappa shape index (κ1) is 17.6. The van der Waals surface area contributed by atoms with E-state index in [1.54, 1.807) is 24.1 Å². The predicted molar refractivity (Wildman–Crippen MR) is 92.4 cm³/mol. The van der Waals surface area contributed by atoms with Crippen LogP contribution in [0.1, 0.15) is 21.6 Å². The average Bonchev–Trinajstić information content (AvgIpc) is 3.09. The molecule has 0 aliphatic rings. The number of hydrogen-bond donors (Lipinski definition) is 1. The van der Waals surface area contributed by atoms with Crippen molar-refractivity contribution < 1.29 is 18.3 Å². The Morgan fingerprint density at radius 1 is 1.15 bits per heavy atom. The van der Waals surface area contributed by atoms with Crippen LogP contribution in [0.3, 0.4) is 0 Å². The van der Waals surface area contributed by atoms with Gasteiger partial charge in [-0.1, -0.05) is 6.07 Å². The molecular weight excluding hydrogens is 340 g/mol. The third kappa shape index (κ3) is 3.88. The molecule has 134 valence electrons. The summed E-state index contributed by atoms with van der Waals surface area (Å²) < 4.78 is 33.2. The fourth-order valence-corrected chi connectivity index (χ4v) is 2.54. The Kier molecular flexibility index (Phi) is 4.97. The average molecular weight is 357 g/mol. The van der Waals surface area contributed by atoms with Gasteiger partial charge in [0.25, 0.3) is 5.91 Å². The molecule has 0 aliphatic heterocycles. The standard InChI is InChI=1S/C19H17F2N3O2/c1-12-3-4-18(26-2)17(7-12)24-6-5-16(23-24)19(25)22-11-13-8-14(20)10-15(21)9-13/h3-10H,11H2,1-2H3,(H,22,25). The summed E-state index contributed by atoms with van der Waals surface area (Å²) in [6.07, 6.45) is 1.65.